The van der Waals surface area contributed by atoms with Crippen molar-refractivity contribution in [1.82, 2.24) is 0 Å². The molecule has 1 aromatic heterocycles. The normalized spacial score (nSPS) is 17.8. The standard InChI is InChI=1S/C25H23NO5S/c1-13-7-8-18(27)17(10-13)26-22(20-6-5-9-32-20)21(24(29)25(26)30)23(28)16-11-15(3)19(31-4)12-14(16)2/h5-12,22,27-28H,1-4H3/b23-21-. The number of aromatic hydroxyl groups is 1. The summed E-state index contributed by atoms with van der Waals surface area (Å²) in [7, 11) is 1.57. The summed E-state index contributed by atoms with van der Waals surface area (Å²) < 4.78 is 5.35. The number of Topliss-reactive ketones (excluding diaryl/α,β-unsaturated/α-hetero) is 1. The van der Waals surface area contributed by atoms with E-state index >= 15 is 0 Å². The molecule has 1 atom stereocenters. The van der Waals surface area contributed by atoms with E-state index in [0.717, 1.165) is 11.1 Å². The quantitative estimate of drug-likeness (QED) is 0.332. The summed E-state index contributed by atoms with van der Waals surface area (Å²) in [5, 5.41) is 23.7. The van der Waals surface area contributed by atoms with Gasteiger partial charge in [0.2, 0.25) is 0 Å². The molecule has 164 valence electrons. The van der Waals surface area contributed by atoms with Gasteiger partial charge in [-0.05, 0) is 73.2 Å². The minimum Gasteiger partial charge on any atom is -0.507 e. The van der Waals surface area contributed by atoms with Crippen molar-refractivity contribution in [1.29, 1.82) is 0 Å². The second-order valence-electron chi connectivity index (χ2n) is 7.81. The number of aliphatic hydroxyl groups excluding tert-OH is 1. The first kappa shape index (κ1) is 21.6. The van der Waals surface area contributed by atoms with Gasteiger partial charge >= 0.3 is 0 Å². The van der Waals surface area contributed by atoms with Gasteiger partial charge in [0.15, 0.2) is 0 Å². The highest BCUT2D eigenvalue weighted by Crippen LogP contribution is 2.46. The number of hydrogen-bond acceptors (Lipinski definition) is 6. The number of ether oxygens (including phenoxy) is 1. The summed E-state index contributed by atoms with van der Waals surface area (Å²) in [6.45, 7) is 5.48. The van der Waals surface area contributed by atoms with Gasteiger partial charge in [-0.2, -0.15) is 0 Å². The lowest BCUT2D eigenvalue weighted by atomic mass is 9.95. The van der Waals surface area contributed by atoms with Crippen LogP contribution >= 0.6 is 11.3 Å². The maximum atomic E-state index is 13.2. The summed E-state index contributed by atoms with van der Waals surface area (Å²) in [5.41, 5.74) is 3.00. The van der Waals surface area contributed by atoms with Gasteiger partial charge in [-0.1, -0.05) is 12.1 Å². The number of anilines is 1. The Morgan fingerprint density at radius 1 is 1.06 bits per heavy atom. The number of phenols is 1. The third kappa shape index (κ3) is 3.44. The van der Waals surface area contributed by atoms with Crippen molar-refractivity contribution in [2.24, 2.45) is 0 Å². The van der Waals surface area contributed by atoms with Gasteiger partial charge < -0.3 is 14.9 Å². The van der Waals surface area contributed by atoms with Crippen LogP contribution in [0.2, 0.25) is 0 Å². The zero-order valence-corrected chi connectivity index (χ0v) is 19.0. The molecule has 1 amide bonds. The molecule has 1 unspecified atom stereocenters. The number of rotatable bonds is 4. The molecule has 0 aliphatic carbocycles. The first-order valence-corrected chi connectivity index (χ1v) is 10.9. The van der Waals surface area contributed by atoms with E-state index in [-0.39, 0.29) is 22.8 Å². The molecule has 7 heteroatoms. The molecule has 1 saturated heterocycles. The molecule has 0 saturated carbocycles. The number of ketones is 1. The molecule has 2 heterocycles. The van der Waals surface area contributed by atoms with Crippen LogP contribution in [0.3, 0.4) is 0 Å². The van der Waals surface area contributed by atoms with E-state index in [0.29, 0.717) is 21.8 Å². The zero-order chi connectivity index (χ0) is 23.2. The van der Waals surface area contributed by atoms with E-state index < -0.39 is 17.7 Å². The Morgan fingerprint density at radius 3 is 2.47 bits per heavy atom. The van der Waals surface area contributed by atoms with E-state index in [2.05, 4.69) is 0 Å². The van der Waals surface area contributed by atoms with Gasteiger partial charge in [0, 0.05) is 10.4 Å². The van der Waals surface area contributed by atoms with Crippen LogP contribution in [0.25, 0.3) is 5.76 Å². The average molecular weight is 450 g/mol. The first-order chi connectivity index (χ1) is 15.2. The lowest BCUT2D eigenvalue weighted by Crippen LogP contribution is -2.29. The summed E-state index contributed by atoms with van der Waals surface area (Å²) in [5.74, 6) is -1.29. The van der Waals surface area contributed by atoms with Crippen molar-refractivity contribution in [3.05, 3.63) is 80.5 Å². The smallest absolute Gasteiger partial charge is 0.300 e. The molecular formula is C25H23NO5S. The second kappa shape index (κ2) is 8.16. The molecule has 1 aliphatic rings. The number of amides is 1. The first-order valence-electron chi connectivity index (χ1n) is 10.0. The Bertz CT molecular complexity index is 1260. The summed E-state index contributed by atoms with van der Waals surface area (Å²) in [6.07, 6.45) is 0. The molecule has 1 aliphatic heterocycles. The van der Waals surface area contributed by atoms with Gasteiger partial charge in [0.05, 0.1) is 18.4 Å². The predicted octanol–water partition coefficient (Wildman–Crippen LogP) is 5.01. The molecule has 32 heavy (non-hydrogen) atoms. The highest BCUT2D eigenvalue weighted by atomic mass is 32.1. The van der Waals surface area contributed by atoms with Crippen LogP contribution in [0, 0.1) is 20.8 Å². The number of phenolic OH excluding ortho intramolecular Hbond substituents is 1. The Balaban J connectivity index is 1.98. The SMILES string of the molecule is COc1cc(C)c(/C(O)=C2/C(=O)C(=O)N(c3cc(C)ccc3O)C2c2cccs2)cc1C. The van der Waals surface area contributed by atoms with Gasteiger partial charge in [-0.15, -0.1) is 11.3 Å². The molecule has 1 fully saturated rings. The minimum atomic E-state index is -0.857. The fraction of sp³-hybridized carbons (Fsp3) is 0.200. The van der Waals surface area contributed by atoms with E-state index in [1.807, 2.05) is 25.3 Å². The lowest BCUT2D eigenvalue weighted by Gasteiger charge is -2.25. The lowest BCUT2D eigenvalue weighted by molar-refractivity contribution is -0.132. The fourth-order valence-electron chi connectivity index (χ4n) is 4.03. The minimum absolute atomic E-state index is 0.00831. The fourth-order valence-corrected chi connectivity index (χ4v) is 4.86. The van der Waals surface area contributed by atoms with E-state index in [1.54, 1.807) is 44.4 Å². The van der Waals surface area contributed by atoms with Crippen molar-refractivity contribution in [3.63, 3.8) is 0 Å². The number of hydrogen-bond donors (Lipinski definition) is 2. The number of aliphatic hydroxyl groups is 1. The zero-order valence-electron chi connectivity index (χ0n) is 18.2. The van der Waals surface area contributed by atoms with Gasteiger partial charge in [0.25, 0.3) is 11.7 Å². The van der Waals surface area contributed by atoms with Crippen molar-refractivity contribution in [2.45, 2.75) is 26.8 Å². The van der Waals surface area contributed by atoms with Crippen LogP contribution in [0.5, 0.6) is 11.5 Å². The van der Waals surface area contributed by atoms with Gasteiger partial charge in [-0.3, -0.25) is 14.5 Å². The summed E-state index contributed by atoms with van der Waals surface area (Å²) in [6, 6.07) is 11.2. The average Bonchev–Trinajstić information content (AvgIpc) is 3.38. The molecule has 6 nitrogen and oxygen atoms in total. The molecule has 2 aromatic carbocycles. The van der Waals surface area contributed by atoms with Crippen LogP contribution < -0.4 is 9.64 Å². The van der Waals surface area contributed by atoms with Crippen molar-refractivity contribution in [3.8, 4) is 11.5 Å². The molecule has 0 bridgehead atoms. The van der Waals surface area contributed by atoms with Gasteiger partial charge in [-0.25, -0.2) is 0 Å². The Labute approximate surface area is 190 Å². The number of aryl methyl sites for hydroxylation is 3. The number of carbonyl (C=O) groups is 2. The number of carbonyl (C=O) groups excluding carboxylic acids is 2. The molecule has 0 spiro atoms. The number of nitrogens with zero attached hydrogens (tertiary/aromatic N) is 1. The van der Waals surface area contributed by atoms with Crippen LogP contribution in [0.15, 0.2) is 53.4 Å². The maximum absolute atomic E-state index is 13.2. The highest BCUT2D eigenvalue weighted by Gasteiger charge is 2.48. The Hall–Kier alpha value is -3.58. The second-order valence-corrected chi connectivity index (χ2v) is 8.79. The predicted molar refractivity (Wildman–Crippen MR) is 124 cm³/mol. The van der Waals surface area contributed by atoms with E-state index in [9.17, 15) is 19.8 Å². The summed E-state index contributed by atoms with van der Waals surface area (Å²) in [4.78, 5) is 28.4. The van der Waals surface area contributed by atoms with Gasteiger partial charge in [0.1, 0.15) is 23.3 Å². The van der Waals surface area contributed by atoms with E-state index in [1.165, 1.54) is 22.3 Å². The van der Waals surface area contributed by atoms with Crippen LogP contribution in [0.1, 0.15) is 33.2 Å². The Morgan fingerprint density at radius 2 is 1.81 bits per heavy atom. The van der Waals surface area contributed by atoms with Crippen LogP contribution in [-0.2, 0) is 9.59 Å². The summed E-state index contributed by atoms with van der Waals surface area (Å²) >= 11 is 1.37. The maximum Gasteiger partial charge on any atom is 0.300 e. The highest BCUT2D eigenvalue weighted by molar-refractivity contribution is 7.10. The molecule has 2 N–H and O–H groups in total. The van der Waals surface area contributed by atoms with E-state index in [4.69, 9.17) is 4.74 Å². The molecule has 4 rings (SSSR count). The van der Waals surface area contributed by atoms with Crippen molar-refractivity contribution in [2.75, 3.05) is 12.0 Å². The molecular weight excluding hydrogens is 426 g/mol. The molecule has 3 aromatic rings. The third-order valence-electron chi connectivity index (χ3n) is 5.64. The topological polar surface area (TPSA) is 87.1 Å². The van der Waals surface area contributed by atoms with Crippen molar-refractivity contribution >= 4 is 34.5 Å². The Kier molecular flexibility index (Phi) is 5.52. The molecule has 0 radical (unpaired) electrons. The monoisotopic (exact) mass is 449 g/mol. The third-order valence-corrected chi connectivity index (χ3v) is 6.57. The van der Waals surface area contributed by atoms with Crippen LogP contribution in [0.4, 0.5) is 5.69 Å². The van der Waals surface area contributed by atoms with Crippen LogP contribution in [-0.4, -0.2) is 29.0 Å². The number of thiophene rings is 1. The van der Waals surface area contributed by atoms with Crippen molar-refractivity contribution < 1.29 is 24.5 Å². The largest absolute Gasteiger partial charge is 0.507 e. The number of benzene rings is 2. The number of methoxy groups -OCH3 is 1.